The molecule has 0 saturated carbocycles. The summed E-state index contributed by atoms with van der Waals surface area (Å²) in [6.07, 6.45) is 2.61. The smallest absolute Gasteiger partial charge is 0.165 e. The predicted molar refractivity (Wildman–Crippen MR) is 71.3 cm³/mol. The first-order chi connectivity index (χ1) is 9.43. The second-order valence-corrected chi connectivity index (χ2v) is 4.48. The lowest BCUT2D eigenvalue weighted by atomic mass is 10.2. The Morgan fingerprint density at radius 1 is 1.00 bits per heavy atom. The Balaban J connectivity index is 1.67. The minimum absolute atomic E-state index is 0.706. The number of fused-ring (bicyclic) bond motifs is 1. The van der Waals surface area contributed by atoms with Gasteiger partial charge in [-0.1, -0.05) is 12.1 Å². The Hall–Kier alpha value is -1.94. The van der Waals surface area contributed by atoms with Crippen LogP contribution in [0.1, 0.15) is 17.7 Å². The topological polar surface area (TPSA) is 43.6 Å². The molecule has 4 nitrogen and oxygen atoms in total. The summed E-state index contributed by atoms with van der Waals surface area (Å²) in [7, 11) is 0. The summed E-state index contributed by atoms with van der Waals surface area (Å²) < 4.78 is 16.7. The summed E-state index contributed by atoms with van der Waals surface area (Å²) >= 11 is 0. The molecule has 1 aromatic heterocycles. The van der Waals surface area contributed by atoms with Crippen LogP contribution < -0.4 is 14.8 Å². The molecule has 0 atom stereocenters. The molecule has 3 rings (SSSR count). The van der Waals surface area contributed by atoms with E-state index in [1.165, 1.54) is 0 Å². The zero-order valence-corrected chi connectivity index (χ0v) is 10.7. The SMILES string of the molecule is c1coc(CNCc2cccc3c2OCCCO3)c1. The maximum Gasteiger partial charge on any atom is 0.165 e. The van der Waals surface area contributed by atoms with Gasteiger partial charge in [0.25, 0.3) is 0 Å². The predicted octanol–water partition coefficient (Wildman–Crippen LogP) is 2.73. The molecule has 1 aromatic carbocycles. The van der Waals surface area contributed by atoms with Crippen LogP contribution in [0.15, 0.2) is 41.0 Å². The third kappa shape index (κ3) is 2.90. The third-order valence-electron chi connectivity index (χ3n) is 3.05. The number of para-hydroxylation sites is 1. The van der Waals surface area contributed by atoms with Gasteiger partial charge in [-0.3, -0.25) is 0 Å². The normalized spacial score (nSPS) is 14.1. The summed E-state index contributed by atoms with van der Waals surface area (Å²) in [5.74, 6) is 2.64. The Bertz CT molecular complexity index is 522. The summed E-state index contributed by atoms with van der Waals surface area (Å²) in [4.78, 5) is 0. The van der Waals surface area contributed by atoms with Gasteiger partial charge in [0.05, 0.1) is 26.0 Å². The van der Waals surface area contributed by atoms with Crippen LogP contribution in [0.2, 0.25) is 0 Å². The minimum Gasteiger partial charge on any atom is -0.490 e. The molecule has 0 fully saturated rings. The Morgan fingerprint density at radius 2 is 1.95 bits per heavy atom. The van der Waals surface area contributed by atoms with Crippen LogP contribution in [0.3, 0.4) is 0 Å². The van der Waals surface area contributed by atoms with E-state index in [1.807, 2.05) is 24.3 Å². The summed E-state index contributed by atoms with van der Waals surface area (Å²) in [6, 6.07) is 9.86. The molecule has 2 heterocycles. The molecule has 0 amide bonds. The maximum atomic E-state index is 5.78. The van der Waals surface area contributed by atoms with Crippen molar-refractivity contribution in [1.82, 2.24) is 5.32 Å². The van der Waals surface area contributed by atoms with Gasteiger partial charge in [0.15, 0.2) is 11.5 Å². The highest BCUT2D eigenvalue weighted by molar-refractivity contribution is 5.47. The van der Waals surface area contributed by atoms with Crippen LogP contribution in [0.5, 0.6) is 11.5 Å². The van der Waals surface area contributed by atoms with Gasteiger partial charge in [-0.25, -0.2) is 0 Å². The van der Waals surface area contributed by atoms with E-state index < -0.39 is 0 Å². The lowest BCUT2D eigenvalue weighted by Gasteiger charge is -2.12. The van der Waals surface area contributed by atoms with Crippen LogP contribution in [0, 0.1) is 0 Å². The van der Waals surface area contributed by atoms with Gasteiger partial charge in [0.2, 0.25) is 0 Å². The fourth-order valence-corrected chi connectivity index (χ4v) is 2.13. The average molecular weight is 259 g/mol. The molecule has 1 N–H and O–H groups in total. The Kier molecular flexibility index (Phi) is 3.70. The van der Waals surface area contributed by atoms with Crippen LogP contribution in [0.25, 0.3) is 0 Å². The van der Waals surface area contributed by atoms with Crippen LogP contribution in [-0.2, 0) is 13.1 Å². The molecule has 100 valence electrons. The van der Waals surface area contributed by atoms with E-state index in [0.717, 1.165) is 42.4 Å². The standard InChI is InChI=1S/C15H17NO3/c1-4-12(10-16-11-13-5-2-7-17-13)15-14(6-1)18-8-3-9-19-15/h1-2,4-7,16H,3,8-11H2. The molecule has 0 spiro atoms. The molecule has 0 radical (unpaired) electrons. The highest BCUT2D eigenvalue weighted by Crippen LogP contribution is 2.33. The van der Waals surface area contributed by atoms with Crippen molar-refractivity contribution in [3.63, 3.8) is 0 Å². The van der Waals surface area contributed by atoms with E-state index in [1.54, 1.807) is 6.26 Å². The molecule has 0 bridgehead atoms. The lowest BCUT2D eigenvalue weighted by molar-refractivity contribution is 0.296. The molecule has 0 unspecified atom stereocenters. The molecule has 1 aliphatic rings. The van der Waals surface area contributed by atoms with Crippen molar-refractivity contribution in [2.24, 2.45) is 0 Å². The number of nitrogens with one attached hydrogen (secondary N) is 1. The lowest BCUT2D eigenvalue weighted by Crippen LogP contribution is -2.13. The highest BCUT2D eigenvalue weighted by atomic mass is 16.5. The van der Waals surface area contributed by atoms with Gasteiger partial charge in [0.1, 0.15) is 5.76 Å². The van der Waals surface area contributed by atoms with Gasteiger partial charge in [-0.15, -0.1) is 0 Å². The van der Waals surface area contributed by atoms with E-state index in [4.69, 9.17) is 13.9 Å². The largest absolute Gasteiger partial charge is 0.490 e. The van der Waals surface area contributed by atoms with Crippen molar-refractivity contribution < 1.29 is 13.9 Å². The molecule has 1 aliphatic heterocycles. The summed E-state index contributed by atoms with van der Waals surface area (Å²) in [5.41, 5.74) is 1.12. The fourth-order valence-electron chi connectivity index (χ4n) is 2.13. The quantitative estimate of drug-likeness (QED) is 0.917. The fraction of sp³-hybridized carbons (Fsp3) is 0.333. The zero-order valence-electron chi connectivity index (χ0n) is 10.7. The van der Waals surface area contributed by atoms with Crippen molar-refractivity contribution in [1.29, 1.82) is 0 Å². The van der Waals surface area contributed by atoms with Gasteiger partial charge >= 0.3 is 0 Å². The van der Waals surface area contributed by atoms with Gasteiger partial charge < -0.3 is 19.2 Å². The van der Waals surface area contributed by atoms with Crippen molar-refractivity contribution in [2.75, 3.05) is 13.2 Å². The molecular weight excluding hydrogens is 242 g/mol. The van der Waals surface area contributed by atoms with Crippen LogP contribution in [-0.4, -0.2) is 13.2 Å². The number of ether oxygens (including phenoxy) is 2. The Labute approximate surface area is 112 Å². The van der Waals surface area contributed by atoms with Gasteiger partial charge in [-0.2, -0.15) is 0 Å². The number of hydrogen-bond acceptors (Lipinski definition) is 4. The molecule has 0 aliphatic carbocycles. The van der Waals surface area contributed by atoms with E-state index in [0.29, 0.717) is 13.2 Å². The Morgan fingerprint density at radius 3 is 2.84 bits per heavy atom. The second-order valence-electron chi connectivity index (χ2n) is 4.48. The zero-order chi connectivity index (χ0) is 12.9. The first kappa shape index (κ1) is 12.1. The van der Waals surface area contributed by atoms with Crippen molar-refractivity contribution in [3.05, 3.63) is 47.9 Å². The molecular formula is C15H17NO3. The maximum absolute atomic E-state index is 5.78. The van der Waals surface area contributed by atoms with Crippen molar-refractivity contribution in [2.45, 2.75) is 19.5 Å². The average Bonchev–Trinajstić information content (AvgIpc) is 2.82. The van der Waals surface area contributed by atoms with E-state index >= 15 is 0 Å². The van der Waals surface area contributed by atoms with E-state index in [9.17, 15) is 0 Å². The summed E-state index contributed by atoms with van der Waals surface area (Å²) in [5, 5.41) is 3.35. The number of benzene rings is 1. The van der Waals surface area contributed by atoms with E-state index in [-0.39, 0.29) is 0 Å². The van der Waals surface area contributed by atoms with Crippen LogP contribution >= 0.6 is 0 Å². The first-order valence-corrected chi connectivity index (χ1v) is 6.54. The minimum atomic E-state index is 0.706. The molecule has 4 heteroatoms. The molecule has 19 heavy (non-hydrogen) atoms. The van der Waals surface area contributed by atoms with Gasteiger partial charge in [0, 0.05) is 18.5 Å². The van der Waals surface area contributed by atoms with Gasteiger partial charge in [-0.05, 0) is 18.2 Å². The molecule has 2 aromatic rings. The van der Waals surface area contributed by atoms with Crippen molar-refractivity contribution in [3.8, 4) is 11.5 Å². The summed E-state index contributed by atoms with van der Waals surface area (Å²) in [6.45, 7) is 2.86. The number of hydrogen-bond donors (Lipinski definition) is 1. The first-order valence-electron chi connectivity index (χ1n) is 6.54. The van der Waals surface area contributed by atoms with E-state index in [2.05, 4.69) is 11.4 Å². The number of rotatable bonds is 4. The highest BCUT2D eigenvalue weighted by Gasteiger charge is 2.13. The third-order valence-corrected chi connectivity index (χ3v) is 3.05. The second kappa shape index (κ2) is 5.80. The molecule has 0 saturated heterocycles. The van der Waals surface area contributed by atoms with Crippen LogP contribution in [0.4, 0.5) is 0 Å². The van der Waals surface area contributed by atoms with Crippen molar-refractivity contribution >= 4 is 0 Å². The monoisotopic (exact) mass is 259 g/mol. The number of furan rings is 1.